The van der Waals surface area contributed by atoms with Gasteiger partial charge in [-0.2, -0.15) is 0 Å². The van der Waals surface area contributed by atoms with E-state index in [1.807, 2.05) is 25.7 Å². The van der Waals surface area contributed by atoms with E-state index in [4.69, 9.17) is 4.74 Å². The summed E-state index contributed by atoms with van der Waals surface area (Å²) >= 11 is 0. The second kappa shape index (κ2) is 5.07. The van der Waals surface area contributed by atoms with Crippen molar-refractivity contribution < 1.29 is 9.53 Å². The van der Waals surface area contributed by atoms with E-state index in [1.54, 1.807) is 0 Å². The number of amides is 1. The van der Waals surface area contributed by atoms with E-state index in [0.717, 1.165) is 25.0 Å². The van der Waals surface area contributed by atoms with Crippen LogP contribution in [0.3, 0.4) is 0 Å². The van der Waals surface area contributed by atoms with Gasteiger partial charge >= 0.3 is 6.09 Å². The summed E-state index contributed by atoms with van der Waals surface area (Å²) in [5, 5.41) is 3.53. The van der Waals surface area contributed by atoms with Crippen LogP contribution in [-0.2, 0) is 4.74 Å². The normalized spacial score (nSPS) is 31.6. The summed E-state index contributed by atoms with van der Waals surface area (Å²) in [5.74, 6) is 1.79. The van der Waals surface area contributed by atoms with Crippen molar-refractivity contribution in [3.05, 3.63) is 0 Å². The summed E-state index contributed by atoms with van der Waals surface area (Å²) in [6.07, 6.45) is 1.03. The molecule has 6 nitrogen and oxygen atoms in total. The van der Waals surface area contributed by atoms with E-state index < -0.39 is 5.60 Å². The Hall–Kier alpha value is -1.46. The Morgan fingerprint density at radius 3 is 2.71 bits per heavy atom. The number of nitrogens with zero attached hydrogens (tertiary/aromatic N) is 3. The van der Waals surface area contributed by atoms with Crippen molar-refractivity contribution in [1.82, 2.24) is 15.1 Å². The van der Waals surface area contributed by atoms with Crippen molar-refractivity contribution in [3.8, 4) is 0 Å². The average Bonchev–Trinajstić information content (AvgIpc) is 2.93. The van der Waals surface area contributed by atoms with Gasteiger partial charge in [0.2, 0.25) is 0 Å². The van der Waals surface area contributed by atoms with Crippen molar-refractivity contribution in [3.63, 3.8) is 0 Å². The molecule has 2 aliphatic heterocycles. The van der Waals surface area contributed by atoms with E-state index in [0.29, 0.717) is 25.2 Å². The molecule has 21 heavy (non-hydrogen) atoms. The first kappa shape index (κ1) is 14.5. The summed E-state index contributed by atoms with van der Waals surface area (Å²) in [4.78, 5) is 20.9. The van der Waals surface area contributed by atoms with E-state index in [1.165, 1.54) is 6.42 Å². The number of hydrogen-bond donors (Lipinski definition) is 1. The summed E-state index contributed by atoms with van der Waals surface area (Å²) in [7, 11) is 0. The zero-order valence-electron chi connectivity index (χ0n) is 13.4. The van der Waals surface area contributed by atoms with Gasteiger partial charge in [-0.15, -0.1) is 0 Å². The molecule has 2 fully saturated rings. The molecular formula is C15H26N4O2. The highest BCUT2D eigenvalue weighted by Crippen LogP contribution is 2.30. The molecule has 0 aromatic carbocycles. The van der Waals surface area contributed by atoms with Crippen molar-refractivity contribution in [1.29, 1.82) is 0 Å². The average molecular weight is 294 g/mol. The minimum Gasteiger partial charge on any atom is -0.444 e. The number of hydrogen-bond acceptors (Lipinski definition) is 5. The van der Waals surface area contributed by atoms with E-state index in [2.05, 4.69) is 22.1 Å². The van der Waals surface area contributed by atoms with Gasteiger partial charge in [0.1, 0.15) is 5.60 Å². The molecule has 6 heteroatoms. The van der Waals surface area contributed by atoms with Crippen LogP contribution < -0.4 is 5.32 Å². The van der Waals surface area contributed by atoms with Gasteiger partial charge in [0.15, 0.2) is 5.96 Å². The van der Waals surface area contributed by atoms with Crippen LogP contribution in [0.2, 0.25) is 0 Å². The number of fused-ring (bicyclic) bond motifs is 1. The lowest BCUT2D eigenvalue weighted by Crippen LogP contribution is -2.57. The minimum absolute atomic E-state index is 0.209. The fourth-order valence-corrected chi connectivity index (χ4v) is 2.88. The Bertz CT molecular complexity index is 457. The predicted molar refractivity (Wildman–Crippen MR) is 81.3 cm³/mol. The molecule has 0 radical (unpaired) electrons. The molecule has 2 heterocycles. The fraction of sp³-hybridized carbons (Fsp3) is 0.867. The monoisotopic (exact) mass is 294 g/mol. The SMILES string of the molecule is CC1CC1NC1=NCC2CN(C(=O)OC(C)(C)C)CCN12. The Kier molecular flexibility index (Phi) is 3.50. The van der Waals surface area contributed by atoms with Crippen molar-refractivity contribution in [2.45, 2.75) is 51.8 Å². The van der Waals surface area contributed by atoms with E-state index >= 15 is 0 Å². The molecule has 3 aliphatic rings. The molecule has 118 valence electrons. The number of rotatable bonds is 1. The number of aliphatic imine (C=N–C) groups is 1. The first-order valence-corrected chi connectivity index (χ1v) is 7.89. The van der Waals surface area contributed by atoms with Crippen molar-refractivity contribution in [2.24, 2.45) is 10.9 Å². The molecule has 1 amide bonds. The maximum absolute atomic E-state index is 12.1. The standard InChI is InChI=1S/C15H26N4O2/c1-10-7-12(10)17-13-16-8-11-9-18(5-6-19(11)13)14(20)21-15(2,3)4/h10-12H,5-9H2,1-4H3,(H,16,17). The zero-order valence-corrected chi connectivity index (χ0v) is 13.4. The first-order valence-electron chi connectivity index (χ1n) is 7.89. The quantitative estimate of drug-likeness (QED) is 0.791. The first-order chi connectivity index (χ1) is 9.83. The van der Waals surface area contributed by atoms with Gasteiger partial charge < -0.3 is 19.9 Å². The van der Waals surface area contributed by atoms with Crippen LogP contribution in [0.1, 0.15) is 34.1 Å². The molecule has 1 N–H and O–H groups in total. The summed E-state index contributed by atoms with van der Waals surface area (Å²) < 4.78 is 5.46. The second-order valence-electron chi connectivity index (χ2n) is 7.40. The predicted octanol–water partition coefficient (Wildman–Crippen LogP) is 1.28. The van der Waals surface area contributed by atoms with Crippen LogP contribution in [-0.4, -0.2) is 65.7 Å². The molecule has 1 saturated carbocycles. The van der Waals surface area contributed by atoms with Crippen LogP contribution in [0, 0.1) is 5.92 Å². The smallest absolute Gasteiger partial charge is 0.410 e. The molecule has 1 saturated heterocycles. The molecule has 0 bridgehead atoms. The van der Waals surface area contributed by atoms with Gasteiger partial charge in [-0.05, 0) is 33.1 Å². The molecule has 0 aromatic heterocycles. The largest absolute Gasteiger partial charge is 0.444 e. The van der Waals surface area contributed by atoms with Gasteiger partial charge in [0.25, 0.3) is 0 Å². The highest BCUT2D eigenvalue weighted by Gasteiger charge is 2.40. The van der Waals surface area contributed by atoms with Crippen molar-refractivity contribution >= 4 is 12.1 Å². The third-order valence-electron chi connectivity index (χ3n) is 4.28. The Balaban J connectivity index is 1.53. The van der Waals surface area contributed by atoms with Gasteiger partial charge in [-0.3, -0.25) is 4.99 Å². The minimum atomic E-state index is -0.435. The zero-order chi connectivity index (χ0) is 15.2. The number of carbonyl (C=O) groups excluding carboxylic acids is 1. The van der Waals surface area contributed by atoms with Crippen LogP contribution in [0.5, 0.6) is 0 Å². The van der Waals surface area contributed by atoms with Crippen LogP contribution in [0.4, 0.5) is 4.79 Å². The maximum atomic E-state index is 12.1. The molecule has 0 aromatic rings. The molecular weight excluding hydrogens is 268 g/mol. The molecule has 3 atom stereocenters. The van der Waals surface area contributed by atoms with E-state index in [9.17, 15) is 4.79 Å². The Labute approximate surface area is 126 Å². The number of piperazine rings is 1. The number of ether oxygens (including phenoxy) is 1. The number of nitrogens with one attached hydrogen (secondary N) is 1. The molecule has 3 unspecified atom stereocenters. The van der Waals surface area contributed by atoms with Gasteiger partial charge in [-0.25, -0.2) is 4.79 Å². The topological polar surface area (TPSA) is 57.2 Å². The van der Waals surface area contributed by atoms with Crippen LogP contribution >= 0.6 is 0 Å². The molecule has 3 rings (SSSR count). The Morgan fingerprint density at radius 1 is 1.38 bits per heavy atom. The Morgan fingerprint density at radius 2 is 2.10 bits per heavy atom. The number of carbonyl (C=O) groups is 1. The number of guanidine groups is 1. The third kappa shape index (κ3) is 3.24. The maximum Gasteiger partial charge on any atom is 0.410 e. The molecule has 0 spiro atoms. The second-order valence-corrected chi connectivity index (χ2v) is 7.40. The fourth-order valence-electron chi connectivity index (χ4n) is 2.88. The van der Waals surface area contributed by atoms with Crippen molar-refractivity contribution in [2.75, 3.05) is 26.2 Å². The lowest BCUT2D eigenvalue weighted by atomic mass is 10.2. The highest BCUT2D eigenvalue weighted by atomic mass is 16.6. The lowest BCUT2D eigenvalue weighted by molar-refractivity contribution is 0.0137. The van der Waals surface area contributed by atoms with Crippen LogP contribution in [0.25, 0.3) is 0 Å². The lowest BCUT2D eigenvalue weighted by Gasteiger charge is -2.39. The van der Waals surface area contributed by atoms with Crippen LogP contribution in [0.15, 0.2) is 4.99 Å². The molecule has 1 aliphatic carbocycles. The highest BCUT2D eigenvalue weighted by molar-refractivity contribution is 5.83. The third-order valence-corrected chi connectivity index (χ3v) is 4.28. The summed E-state index contributed by atoms with van der Waals surface area (Å²) in [5.41, 5.74) is -0.435. The van der Waals surface area contributed by atoms with E-state index in [-0.39, 0.29) is 6.09 Å². The van der Waals surface area contributed by atoms with Gasteiger partial charge in [0, 0.05) is 25.7 Å². The van der Waals surface area contributed by atoms with Gasteiger partial charge in [0.05, 0.1) is 12.6 Å². The van der Waals surface area contributed by atoms with Gasteiger partial charge in [-0.1, -0.05) is 6.92 Å². The summed E-state index contributed by atoms with van der Waals surface area (Å²) in [6.45, 7) is 11.0. The summed E-state index contributed by atoms with van der Waals surface area (Å²) in [6, 6.07) is 0.884.